The SMILES string of the molecule is Cc1cc(NC(=O)c2csc(N)n2)c([N+](=O)[O-])cc1C. The second-order valence-electron chi connectivity index (χ2n) is 4.24. The van der Waals surface area contributed by atoms with Crippen LogP contribution >= 0.6 is 11.3 Å². The third kappa shape index (κ3) is 2.75. The van der Waals surface area contributed by atoms with Gasteiger partial charge in [0.25, 0.3) is 11.6 Å². The van der Waals surface area contributed by atoms with Crippen LogP contribution in [0.5, 0.6) is 0 Å². The van der Waals surface area contributed by atoms with E-state index >= 15 is 0 Å². The Hall–Kier alpha value is -2.48. The van der Waals surface area contributed by atoms with Gasteiger partial charge < -0.3 is 11.1 Å². The van der Waals surface area contributed by atoms with Gasteiger partial charge in [0.05, 0.1) is 4.92 Å². The highest BCUT2D eigenvalue weighted by atomic mass is 32.1. The van der Waals surface area contributed by atoms with E-state index in [1.807, 2.05) is 6.92 Å². The smallest absolute Gasteiger partial charge is 0.293 e. The number of nitro groups is 1. The highest BCUT2D eigenvalue weighted by Crippen LogP contribution is 2.28. The van der Waals surface area contributed by atoms with Gasteiger partial charge in [0.1, 0.15) is 11.4 Å². The fourth-order valence-electron chi connectivity index (χ4n) is 1.63. The van der Waals surface area contributed by atoms with E-state index in [2.05, 4.69) is 10.3 Å². The van der Waals surface area contributed by atoms with Crippen LogP contribution in [0.3, 0.4) is 0 Å². The van der Waals surface area contributed by atoms with Crippen molar-refractivity contribution >= 4 is 33.8 Å². The van der Waals surface area contributed by atoms with Crippen molar-refractivity contribution in [2.75, 3.05) is 11.1 Å². The molecule has 3 N–H and O–H groups in total. The number of nitrogens with one attached hydrogen (secondary N) is 1. The van der Waals surface area contributed by atoms with Crippen molar-refractivity contribution in [1.82, 2.24) is 4.98 Å². The number of hydrogen-bond acceptors (Lipinski definition) is 6. The lowest BCUT2D eigenvalue weighted by Gasteiger charge is -2.07. The predicted octanol–water partition coefficient (Wildman–Crippen LogP) is 2.50. The zero-order valence-corrected chi connectivity index (χ0v) is 11.7. The summed E-state index contributed by atoms with van der Waals surface area (Å²) in [5.41, 5.74) is 7.22. The van der Waals surface area contributed by atoms with Gasteiger partial charge in [0.15, 0.2) is 5.13 Å². The topological polar surface area (TPSA) is 111 Å². The molecule has 0 unspecified atom stereocenters. The molecule has 104 valence electrons. The average Bonchev–Trinajstić information content (AvgIpc) is 2.80. The molecule has 1 aromatic carbocycles. The average molecular weight is 292 g/mol. The molecule has 0 fully saturated rings. The van der Waals surface area contributed by atoms with Crippen LogP contribution in [0.2, 0.25) is 0 Å². The number of rotatable bonds is 3. The van der Waals surface area contributed by atoms with Crippen molar-refractivity contribution < 1.29 is 9.72 Å². The van der Waals surface area contributed by atoms with Crippen LogP contribution in [-0.2, 0) is 0 Å². The lowest BCUT2D eigenvalue weighted by atomic mass is 10.1. The van der Waals surface area contributed by atoms with Gasteiger partial charge in [-0.3, -0.25) is 14.9 Å². The van der Waals surface area contributed by atoms with Crippen molar-refractivity contribution in [3.05, 3.63) is 44.4 Å². The Labute approximate surface area is 118 Å². The number of nitrogen functional groups attached to an aromatic ring is 1. The van der Waals surface area contributed by atoms with Gasteiger partial charge in [0, 0.05) is 11.4 Å². The summed E-state index contributed by atoms with van der Waals surface area (Å²) in [7, 11) is 0. The molecule has 1 heterocycles. The van der Waals surface area contributed by atoms with Crippen LogP contribution in [0, 0.1) is 24.0 Å². The number of nitrogens with two attached hydrogens (primary N) is 1. The third-order valence-corrected chi connectivity index (χ3v) is 3.49. The summed E-state index contributed by atoms with van der Waals surface area (Å²) in [5, 5.41) is 15.3. The van der Waals surface area contributed by atoms with Gasteiger partial charge in [-0.2, -0.15) is 0 Å². The molecule has 1 aromatic heterocycles. The van der Waals surface area contributed by atoms with Crippen LogP contribution in [0.4, 0.5) is 16.5 Å². The minimum absolute atomic E-state index is 0.139. The second kappa shape index (κ2) is 5.25. The first-order valence-corrected chi connectivity index (χ1v) is 6.54. The van der Waals surface area contributed by atoms with Gasteiger partial charge in [-0.1, -0.05) is 0 Å². The van der Waals surface area contributed by atoms with Gasteiger partial charge in [-0.15, -0.1) is 11.3 Å². The molecule has 0 spiro atoms. The maximum atomic E-state index is 12.0. The summed E-state index contributed by atoms with van der Waals surface area (Å²) in [6, 6.07) is 3.00. The molecule has 7 nitrogen and oxygen atoms in total. The van der Waals surface area contributed by atoms with Crippen LogP contribution in [0.1, 0.15) is 21.6 Å². The second-order valence-corrected chi connectivity index (χ2v) is 5.13. The van der Waals surface area contributed by atoms with E-state index in [0.717, 1.165) is 22.5 Å². The van der Waals surface area contributed by atoms with E-state index in [1.165, 1.54) is 11.4 Å². The summed E-state index contributed by atoms with van der Waals surface area (Å²) < 4.78 is 0. The number of hydrogen-bond donors (Lipinski definition) is 2. The fourth-order valence-corrected chi connectivity index (χ4v) is 2.17. The van der Waals surface area contributed by atoms with Crippen LogP contribution in [0.15, 0.2) is 17.5 Å². The van der Waals surface area contributed by atoms with Crippen molar-refractivity contribution in [1.29, 1.82) is 0 Å². The van der Waals surface area contributed by atoms with E-state index in [1.54, 1.807) is 13.0 Å². The summed E-state index contributed by atoms with van der Waals surface area (Å²) >= 11 is 1.13. The summed E-state index contributed by atoms with van der Waals surface area (Å²) in [4.78, 5) is 26.3. The van der Waals surface area contributed by atoms with Crippen molar-refractivity contribution in [2.24, 2.45) is 0 Å². The Morgan fingerprint density at radius 1 is 1.40 bits per heavy atom. The fraction of sp³-hybridized carbons (Fsp3) is 0.167. The number of nitrogens with zero attached hydrogens (tertiary/aromatic N) is 2. The highest BCUT2D eigenvalue weighted by molar-refractivity contribution is 7.13. The lowest BCUT2D eigenvalue weighted by molar-refractivity contribution is -0.384. The zero-order chi connectivity index (χ0) is 14.9. The Kier molecular flexibility index (Phi) is 3.66. The minimum Gasteiger partial charge on any atom is -0.375 e. The van der Waals surface area contributed by atoms with Crippen molar-refractivity contribution in [3.63, 3.8) is 0 Å². The van der Waals surface area contributed by atoms with E-state index in [-0.39, 0.29) is 22.2 Å². The first-order valence-electron chi connectivity index (χ1n) is 5.66. The minimum atomic E-state index is -0.530. The number of thiazole rings is 1. The molecule has 0 radical (unpaired) electrons. The van der Waals surface area contributed by atoms with Crippen molar-refractivity contribution in [2.45, 2.75) is 13.8 Å². The number of anilines is 2. The predicted molar refractivity (Wildman–Crippen MR) is 77.1 cm³/mol. The maximum Gasteiger partial charge on any atom is 0.293 e. The number of amides is 1. The third-order valence-electron chi connectivity index (χ3n) is 2.81. The number of nitro benzene ring substituents is 1. The summed E-state index contributed by atoms with van der Waals surface area (Å²) in [6.45, 7) is 3.59. The van der Waals surface area contributed by atoms with Crippen LogP contribution in [0.25, 0.3) is 0 Å². The number of carbonyl (C=O) groups is 1. The Morgan fingerprint density at radius 2 is 2.05 bits per heavy atom. The van der Waals surface area contributed by atoms with Gasteiger partial charge >= 0.3 is 0 Å². The monoisotopic (exact) mass is 292 g/mol. The van der Waals surface area contributed by atoms with E-state index in [9.17, 15) is 14.9 Å². The molecular weight excluding hydrogens is 280 g/mol. The molecule has 0 saturated carbocycles. The number of aryl methyl sites for hydroxylation is 2. The number of aromatic nitrogens is 1. The largest absolute Gasteiger partial charge is 0.375 e. The summed E-state index contributed by atoms with van der Waals surface area (Å²) in [6.07, 6.45) is 0. The van der Waals surface area contributed by atoms with Gasteiger partial charge in [-0.05, 0) is 31.0 Å². The maximum absolute atomic E-state index is 12.0. The van der Waals surface area contributed by atoms with Gasteiger partial charge in [0.2, 0.25) is 0 Å². The molecule has 0 saturated heterocycles. The molecule has 0 aliphatic rings. The van der Waals surface area contributed by atoms with Crippen LogP contribution < -0.4 is 11.1 Å². The molecule has 2 aromatic rings. The van der Waals surface area contributed by atoms with Crippen molar-refractivity contribution in [3.8, 4) is 0 Å². The van der Waals surface area contributed by atoms with Gasteiger partial charge in [-0.25, -0.2) is 4.98 Å². The highest BCUT2D eigenvalue weighted by Gasteiger charge is 2.19. The first-order chi connectivity index (χ1) is 9.38. The Bertz CT molecular complexity index is 696. The molecule has 0 atom stereocenters. The molecule has 0 aliphatic carbocycles. The number of benzene rings is 1. The standard InChI is InChI=1S/C12H12N4O3S/c1-6-3-8(10(16(18)19)4-7(6)2)14-11(17)9-5-20-12(13)15-9/h3-5H,1-2H3,(H2,13,15)(H,14,17). The molecule has 1 amide bonds. The summed E-state index contributed by atoms with van der Waals surface area (Å²) in [5.74, 6) is -0.524. The normalized spacial score (nSPS) is 10.3. The molecular formula is C12H12N4O3S. The molecule has 2 rings (SSSR count). The Balaban J connectivity index is 2.35. The zero-order valence-electron chi connectivity index (χ0n) is 10.8. The van der Waals surface area contributed by atoms with E-state index < -0.39 is 10.8 Å². The molecule has 8 heteroatoms. The van der Waals surface area contributed by atoms with E-state index in [0.29, 0.717) is 0 Å². The van der Waals surface area contributed by atoms with Crippen LogP contribution in [-0.4, -0.2) is 15.8 Å². The van der Waals surface area contributed by atoms with E-state index in [4.69, 9.17) is 5.73 Å². The quantitative estimate of drug-likeness (QED) is 0.667. The first kappa shape index (κ1) is 13.9. The molecule has 0 bridgehead atoms. The lowest BCUT2D eigenvalue weighted by Crippen LogP contribution is -2.14. The Morgan fingerprint density at radius 3 is 2.60 bits per heavy atom. The molecule has 0 aliphatic heterocycles. The molecule has 20 heavy (non-hydrogen) atoms. The number of carbonyl (C=O) groups excluding carboxylic acids is 1.